The maximum absolute atomic E-state index is 14.1. The first kappa shape index (κ1) is 10.6. The zero-order valence-electron chi connectivity index (χ0n) is 9.22. The van der Waals surface area contributed by atoms with Crippen molar-refractivity contribution in [2.24, 2.45) is 5.73 Å². The number of benzene rings is 1. The van der Waals surface area contributed by atoms with Crippen molar-refractivity contribution in [2.45, 2.75) is 45.1 Å². The Labute approximate surface area is 90.5 Å². The fourth-order valence-corrected chi connectivity index (χ4v) is 2.34. The summed E-state index contributed by atoms with van der Waals surface area (Å²) < 4.78 is 14.1. The van der Waals surface area contributed by atoms with Crippen LogP contribution in [0.25, 0.3) is 0 Å². The summed E-state index contributed by atoms with van der Waals surface area (Å²) in [6, 6.07) is 4.01. The van der Waals surface area contributed by atoms with E-state index < -0.39 is 0 Å². The summed E-state index contributed by atoms with van der Waals surface area (Å²) >= 11 is 0. The first-order valence-corrected chi connectivity index (χ1v) is 5.73. The summed E-state index contributed by atoms with van der Waals surface area (Å²) in [7, 11) is 0. The monoisotopic (exact) mass is 207 g/mol. The summed E-state index contributed by atoms with van der Waals surface area (Å²) in [6.45, 7) is 1.92. The normalized spacial score (nSPS) is 17.3. The number of rotatable bonds is 2. The maximum atomic E-state index is 14.1. The first-order chi connectivity index (χ1) is 7.18. The second-order valence-corrected chi connectivity index (χ2v) is 4.56. The number of fused-ring (bicyclic) bond motifs is 1. The summed E-state index contributed by atoms with van der Waals surface area (Å²) in [5.41, 5.74) is 8.63. The van der Waals surface area contributed by atoms with Crippen molar-refractivity contribution in [3.63, 3.8) is 0 Å². The molecule has 0 heterocycles. The second kappa shape index (κ2) is 4.31. The van der Waals surface area contributed by atoms with Gasteiger partial charge in [0, 0.05) is 6.04 Å². The van der Waals surface area contributed by atoms with Crippen molar-refractivity contribution in [1.29, 1.82) is 0 Å². The quantitative estimate of drug-likeness (QED) is 0.792. The van der Waals surface area contributed by atoms with Crippen LogP contribution < -0.4 is 5.73 Å². The number of aryl methyl sites for hydroxylation is 1. The predicted molar refractivity (Wildman–Crippen MR) is 60.4 cm³/mol. The lowest BCUT2D eigenvalue weighted by Gasteiger charge is -2.18. The van der Waals surface area contributed by atoms with Crippen LogP contribution in [0.15, 0.2) is 12.1 Å². The average molecular weight is 207 g/mol. The zero-order valence-corrected chi connectivity index (χ0v) is 9.22. The van der Waals surface area contributed by atoms with Gasteiger partial charge in [0.15, 0.2) is 0 Å². The van der Waals surface area contributed by atoms with Crippen LogP contribution in [0.3, 0.4) is 0 Å². The van der Waals surface area contributed by atoms with Crippen LogP contribution in [0.4, 0.5) is 4.39 Å². The number of nitrogens with two attached hydrogens (primary N) is 1. The molecule has 0 radical (unpaired) electrons. The van der Waals surface area contributed by atoms with Crippen LogP contribution in [0.1, 0.15) is 36.5 Å². The van der Waals surface area contributed by atoms with E-state index in [1.807, 2.05) is 13.0 Å². The molecule has 0 saturated heterocycles. The number of halogens is 1. The molecule has 2 heteroatoms. The number of hydrogen-bond acceptors (Lipinski definition) is 1. The predicted octanol–water partition coefficient (Wildman–Crippen LogP) is 2.59. The van der Waals surface area contributed by atoms with Crippen LogP contribution in [-0.2, 0) is 19.3 Å². The van der Waals surface area contributed by atoms with E-state index >= 15 is 0 Å². The first-order valence-electron chi connectivity index (χ1n) is 5.73. The largest absolute Gasteiger partial charge is 0.328 e. The van der Waals surface area contributed by atoms with Crippen LogP contribution in [0, 0.1) is 5.82 Å². The van der Waals surface area contributed by atoms with Gasteiger partial charge in [-0.2, -0.15) is 0 Å². The van der Waals surface area contributed by atoms with Gasteiger partial charge in [0.2, 0.25) is 0 Å². The Hall–Kier alpha value is -0.890. The van der Waals surface area contributed by atoms with Crippen LogP contribution >= 0.6 is 0 Å². The molecule has 1 aliphatic carbocycles. The highest BCUT2D eigenvalue weighted by molar-refractivity contribution is 5.36. The van der Waals surface area contributed by atoms with Gasteiger partial charge in [0.1, 0.15) is 5.82 Å². The Morgan fingerprint density at radius 1 is 1.33 bits per heavy atom. The van der Waals surface area contributed by atoms with Gasteiger partial charge in [0.05, 0.1) is 0 Å². The van der Waals surface area contributed by atoms with Crippen LogP contribution in [-0.4, -0.2) is 6.04 Å². The molecule has 0 fully saturated rings. The van der Waals surface area contributed by atoms with E-state index in [0.29, 0.717) is 6.42 Å². The Morgan fingerprint density at radius 2 is 2.07 bits per heavy atom. The van der Waals surface area contributed by atoms with Gasteiger partial charge in [-0.25, -0.2) is 4.39 Å². The van der Waals surface area contributed by atoms with E-state index in [-0.39, 0.29) is 11.9 Å². The fraction of sp³-hybridized carbons (Fsp3) is 0.538. The molecule has 1 nitrogen and oxygen atoms in total. The molecule has 2 N–H and O–H groups in total. The van der Waals surface area contributed by atoms with Crippen molar-refractivity contribution in [1.82, 2.24) is 0 Å². The molecule has 0 spiro atoms. The van der Waals surface area contributed by atoms with E-state index in [2.05, 4.69) is 6.07 Å². The van der Waals surface area contributed by atoms with Crippen molar-refractivity contribution < 1.29 is 4.39 Å². The molecule has 0 aliphatic heterocycles. The minimum atomic E-state index is 0.00417. The standard InChI is InChI=1S/C13H18FN/c1-9(15)8-11-7-6-10-4-2-3-5-12(10)13(11)14/h6-7,9H,2-5,8,15H2,1H3. The lowest BCUT2D eigenvalue weighted by molar-refractivity contribution is 0.557. The van der Waals surface area contributed by atoms with Gasteiger partial charge in [-0.1, -0.05) is 12.1 Å². The van der Waals surface area contributed by atoms with E-state index in [1.165, 1.54) is 12.0 Å². The van der Waals surface area contributed by atoms with Gasteiger partial charge < -0.3 is 5.73 Å². The molecule has 0 saturated carbocycles. The molecule has 0 amide bonds. The minimum absolute atomic E-state index is 0.00417. The molecule has 0 aromatic heterocycles. The second-order valence-electron chi connectivity index (χ2n) is 4.56. The SMILES string of the molecule is CC(N)Cc1ccc2c(c1F)CCCC2. The third kappa shape index (κ3) is 2.20. The van der Waals surface area contributed by atoms with Crippen molar-refractivity contribution in [3.8, 4) is 0 Å². The van der Waals surface area contributed by atoms with E-state index in [9.17, 15) is 4.39 Å². The molecule has 1 aliphatic rings. The molecule has 1 unspecified atom stereocenters. The van der Waals surface area contributed by atoms with Crippen molar-refractivity contribution in [3.05, 3.63) is 34.6 Å². The molecule has 1 aromatic carbocycles. The van der Waals surface area contributed by atoms with Gasteiger partial charge >= 0.3 is 0 Å². The third-order valence-electron chi connectivity index (χ3n) is 3.08. The highest BCUT2D eigenvalue weighted by atomic mass is 19.1. The Bertz CT molecular complexity index is 358. The fourth-order valence-electron chi connectivity index (χ4n) is 2.34. The lowest BCUT2D eigenvalue weighted by atomic mass is 9.89. The minimum Gasteiger partial charge on any atom is -0.328 e. The van der Waals surface area contributed by atoms with Gasteiger partial charge in [0.25, 0.3) is 0 Å². The molecular formula is C13H18FN. The molecule has 0 bridgehead atoms. The highest BCUT2D eigenvalue weighted by Gasteiger charge is 2.16. The van der Waals surface area contributed by atoms with Crippen LogP contribution in [0.2, 0.25) is 0 Å². The highest BCUT2D eigenvalue weighted by Crippen LogP contribution is 2.26. The Kier molecular flexibility index (Phi) is 3.06. The summed E-state index contributed by atoms with van der Waals surface area (Å²) in [5, 5.41) is 0. The number of hydrogen-bond donors (Lipinski definition) is 1. The van der Waals surface area contributed by atoms with E-state index in [0.717, 1.165) is 30.4 Å². The van der Waals surface area contributed by atoms with E-state index in [4.69, 9.17) is 5.73 Å². The van der Waals surface area contributed by atoms with Gasteiger partial charge in [-0.05, 0) is 55.7 Å². The molecule has 82 valence electrons. The molecule has 15 heavy (non-hydrogen) atoms. The smallest absolute Gasteiger partial charge is 0.129 e. The summed E-state index contributed by atoms with van der Waals surface area (Å²) in [5.74, 6) is 0.00417. The Morgan fingerprint density at radius 3 is 2.80 bits per heavy atom. The zero-order chi connectivity index (χ0) is 10.8. The average Bonchev–Trinajstić information content (AvgIpc) is 2.22. The summed E-state index contributed by atoms with van der Waals surface area (Å²) in [4.78, 5) is 0. The van der Waals surface area contributed by atoms with Crippen molar-refractivity contribution in [2.75, 3.05) is 0 Å². The van der Waals surface area contributed by atoms with Crippen LogP contribution in [0.5, 0.6) is 0 Å². The Balaban J connectivity index is 2.34. The molecule has 1 aromatic rings. The lowest BCUT2D eigenvalue weighted by Crippen LogP contribution is -2.19. The van der Waals surface area contributed by atoms with Crippen molar-refractivity contribution >= 4 is 0 Å². The summed E-state index contributed by atoms with van der Waals surface area (Å²) in [6.07, 6.45) is 4.88. The topological polar surface area (TPSA) is 26.0 Å². The molecule has 2 rings (SSSR count). The molecular weight excluding hydrogens is 189 g/mol. The van der Waals surface area contributed by atoms with E-state index in [1.54, 1.807) is 0 Å². The van der Waals surface area contributed by atoms with Gasteiger partial charge in [-0.3, -0.25) is 0 Å². The van der Waals surface area contributed by atoms with Gasteiger partial charge in [-0.15, -0.1) is 0 Å². The maximum Gasteiger partial charge on any atom is 0.129 e. The third-order valence-corrected chi connectivity index (χ3v) is 3.08. The molecule has 1 atom stereocenters.